The average molecular weight is 265 g/mol. The van der Waals surface area contributed by atoms with Crippen LogP contribution in [0.3, 0.4) is 0 Å². The molecule has 1 aromatic carbocycles. The summed E-state index contributed by atoms with van der Waals surface area (Å²) in [5, 5.41) is 9.03. The second-order valence-electron chi connectivity index (χ2n) is 4.61. The van der Waals surface area contributed by atoms with Gasteiger partial charge in [0.25, 0.3) is 0 Å². The van der Waals surface area contributed by atoms with E-state index in [2.05, 4.69) is 25.3 Å². The van der Waals surface area contributed by atoms with Gasteiger partial charge in [0.1, 0.15) is 11.2 Å². The Morgan fingerprint density at radius 3 is 3.10 bits per heavy atom. The highest BCUT2D eigenvalue weighted by atomic mass is 15.4. The number of hydrogen-bond donors (Lipinski definition) is 2. The summed E-state index contributed by atoms with van der Waals surface area (Å²) < 4.78 is 1.75. The normalized spacial score (nSPS) is 11.4. The van der Waals surface area contributed by atoms with Gasteiger partial charge in [-0.05, 0) is 17.7 Å². The molecule has 0 spiro atoms. The van der Waals surface area contributed by atoms with Crippen LogP contribution in [0.2, 0.25) is 0 Å². The Balaban J connectivity index is 1.98. The van der Waals surface area contributed by atoms with Crippen molar-refractivity contribution in [2.75, 3.05) is 5.73 Å². The number of hydrogen-bond acceptors (Lipinski definition) is 5. The molecular weight excluding hydrogens is 254 g/mol. The quantitative estimate of drug-likeness (QED) is 0.543. The first-order valence-electron chi connectivity index (χ1n) is 6.12. The molecule has 0 fully saturated rings. The molecule has 4 rings (SSSR count). The Kier molecular flexibility index (Phi) is 2.06. The second kappa shape index (κ2) is 3.77. The molecule has 0 unspecified atom stereocenters. The van der Waals surface area contributed by atoms with Crippen LogP contribution in [0.5, 0.6) is 0 Å². The lowest BCUT2D eigenvalue weighted by atomic mass is 10.1. The van der Waals surface area contributed by atoms with Gasteiger partial charge in [-0.1, -0.05) is 11.3 Å². The van der Waals surface area contributed by atoms with Gasteiger partial charge in [0.05, 0.1) is 5.52 Å². The van der Waals surface area contributed by atoms with Gasteiger partial charge in [-0.15, -0.1) is 5.10 Å². The van der Waals surface area contributed by atoms with E-state index < -0.39 is 0 Å². The fourth-order valence-electron chi connectivity index (χ4n) is 2.36. The lowest BCUT2D eigenvalue weighted by Crippen LogP contribution is -1.93. The van der Waals surface area contributed by atoms with Crippen molar-refractivity contribution in [3.63, 3.8) is 0 Å². The molecule has 3 N–H and O–H groups in total. The number of fused-ring (bicyclic) bond motifs is 2. The van der Waals surface area contributed by atoms with Crippen molar-refractivity contribution < 1.29 is 0 Å². The van der Waals surface area contributed by atoms with Crippen molar-refractivity contribution in [3.05, 3.63) is 30.6 Å². The Morgan fingerprint density at radius 1 is 1.30 bits per heavy atom. The summed E-state index contributed by atoms with van der Waals surface area (Å²) in [6.07, 6.45) is 3.64. The highest BCUT2D eigenvalue weighted by molar-refractivity contribution is 5.95. The number of nitrogens with one attached hydrogen (secondary N) is 1. The molecule has 7 nitrogen and oxygen atoms in total. The molecule has 4 aromatic rings. The van der Waals surface area contributed by atoms with Gasteiger partial charge in [0.15, 0.2) is 0 Å². The van der Waals surface area contributed by atoms with Crippen molar-refractivity contribution in [3.8, 4) is 11.1 Å². The van der Waals surface area contributed by atoms with Gasteiger partial charge in [0, 0.05) is 30.4 Å². The maximum absolute atomic E-state index is 5.59. The van der Waals surface area contributed by atoms with Crippen LogP contribution in [0.25, 0.3) is 33.2 Å². The van der Waals surface area contributed by atoms with Gasteiger partial charge < -0.3 is 10.7 Å². The minimum Gasteiger partial charge on any atom is -0.368 e. The lowest BCUT2D eigenvalue weighted by Gasteiger charge is -2.00. The molecule has 0 radical (unpaired) electrons. The Labute approximate surface area is 113 Å². The summed E-state index contributed by atoms with van der Waals surface area (Å²) in [6, 6.07) is 6.01. The maximum atomic E-state index is 5.59. The number of anilines is 1. The van der Waals surface area contributed by atoms with Crippen LogP contribution in [0.1, 0.15) is 0 Å². The zero-order valence-electron chi connectivity index (χ0n) is 10.7. The molecule has 0 saturated heterocycles. The first-order valence-corrected chi connectivity index (χ1v) is 6.12. The third kappa shape index (κ3) is 1.46. The zero-order valence-corrected chi connectivity index (χ0v) is 10.7. The third-order valence-electron chi connectivity index (χ3n) is 3.37. The minimum absolute atomic E-state index is 0.261. The van der Waals surface area contributed by atoms with Crippen LogP contribution in [-0.4, -0.2) is 29.9 Å². The van der Waals surface area contributed by atoms with Crippen LogP contribution in [-0.2, 0) is 7.05 Å². The van der Waals surface area contributed by atoms with E-state index in [1.807, 2.05) is 31.4 Å². The molecule has 7 heteroatoms. The van der Waals surface area contributed by atoms with Crippen molar-refractivity contribution >= 4 is 28.0 Å². The number of nitrogens with two attached hydrogens (primary N) is 1. The maximum Gasteiger partial charge on any atom is 0.221 e. The van der Waals surface area contributed by atoms with Gasteiger partial charge >= 0.3 is 0 Å². The fraction of sp³-hybridized carbons (Fsp3) is 0.0769. The van der Waals surface area contributed by atoms with Gasteiger partial charge in [-0.2, -0.15) is 4.98 Å². The Bertz CT molecular complexity index is 934. The van der Waals surface area contributed by atoms with Crippen LogP contribution >= 0.6 is 0 Å². The summed E-state index contributed by atoms with van der Waals surface area (Å²) in [7, 11) is 1.87. The largest absolute Gasteiger partial charge is 0.368 e. The monoisotopic (exact) mass is 265 g/mol. The van der Waals surface area contributed by atoms with E-state index >= 15 is 0 Å². The van der Waals surface area contributed by atoms with Crippen molar-refractivity contribution in [1.29, 1.82) is 0 Å². The molecule has 0 aliphatic carbocycles. The highest BCUT2D eigenvalue weighted by Crippen LogP contribution is 2.29. The van der Waals surface area contributed by atoms with Gasteiger partial charge in [-0.3, -0.25) is 0 Å². The molecule has 0 bridgehead atoms. The van der Waals surface area contributed by atoms with E-state index in [1.54, 1.807) is 10.9 Å². The van der Waals surface area contributed by atoms with E-state index in [0.29, 0.717) is 0 Å². The number of benzene rings is 1. The molecule has 0 aliphatic heterocycles. The SMILES string of the molecule is Cn1nnc2ccc(-c3c[nH]c4nc(N)ncc34)cc21. The second-order valence-corrected chi connectivity index (χ2v) is 4.61. The molecular formula is C13H11N7. The predicted molar refractivity (Wildman–Crippen MR) is 75.8 cm³/mol. The third-order valence-corrected chi connectivity index (χ3v) is 3.37. The molecule has 0 amide bonds. The Hall–Kier alpha value is -2.96. The fourth-order valence-corrected chi connectivity index (χ4v) is 2.36. The number of nitrogens with zero attached hydrogens (tertiary/aromatic N) is 5. The van der Waals surface area contributed by atoms with Crippen LogP contribution in [0.15, 0.2) is 30.6 Å². The molecule has 0 atom stereocenters. The van der Waals surface area contributed by atoms with Gasteiger partial charge in [0.2, 0.25) is 5.95 Å². The topological polar surface area (TPSA) is 98.3 Å². The first kappa shape index (κ1) is 10.9. The minimum atomic E-state index is 0.261. The van der Waals surface area contributed by atoms with E-state index in [0.717, 1.165) is 33.2 Å². The van der Waals surface area contributed by atoms with Crippen molar-refractivity contribution in [2.24, 2.45) is 7.05 Å². The highest BCUT2D eigenvalue weighted by Gasteiger charge is 2.10. The van der Waals surface area contributed by atoms with Crippen molar-refractivity contribution in [2.45, 2.75) is 0 Å². The average Bonchev–Trinajstić information content (AvgIpc) is 3.02. The standard InChI is InChI=1S/C13H11N7/c1-20-11-4-7(2-3-10(11)18-19-20)8-5-15-12-9(8)6-16-13(14)17-12/h2-6H,1H3,(H3,14,15,16,17). The van der Waals surface area contributed by atoms with E-state index in [4.69, 9.17) is 5.73 Å². The number of nitrogen functional groups attached to an aromatic ring is 1. The van der Waals surface area contributed by atoms with E-state index in [-0.39, 0.29) is 5.95 Å². The molecule has 98 valence electrons. The first-order chi connectivity index (χ1) is 9.72. The van der Waals surface area contributed by atoms with Crippen molar-refractivity contribution in [1.82, 2.24) is 29.9 Å². The smallest absolute Gasteiger partial charge is 0.221 e. The number of rotatable bonds is 1. The molecule has 0 saturated carbocycles. The van der Waals surface area contributed by atoms with Crippen LogP contribution < -0.4 is 5.73 Å². The number of H-pyrrole nitrogens is 1. The van der Waals surface area contributed by atoms with Gasteiger partial charge in [-0.25, -0.2) is 9.67 Å². The van der Waals surface area contributed by atoms with Crippen LogP contribution in [0.4, 0.5) is 5.95 Å². The lowest BCUT2D eigenvalue weighted by molar-refractivity contribution is 0.736. The molecule has 0 aliphatic rings. The number of aryl methyl sites for hydroxylation is 1. The summed E-state index contributed by atoms with van der Waals surface area (Å²) in [6.45, 7) is 0. The molecule has 20 heavy (non-hydrogen) atoms. The summed E-state index contributed by atoms with van der Waals surface area (Å²) in [4.78, 5) is 11.3. The molecule has 3 aromatic heterocycles. The Morgan fingerprint density at radius 2 is 2.20 bits per heavy atom. The summed E-state index contributed by atoms with van der Waals surface area (Å²) in [5.41, 5.74) is 10.3. The predicted octanol–water partition coefficient (Wildman–Crippen LogP) is 1.49. The summed E-state index contributed by atoms with van der Waals surface area (Å²) in [5.74, 6) is 0.261. The molecule has 3 heterocycles. The van der Waals surface area contributed by atoms with E-state index in [9.17, 15) is 0 Å². The number of aromatic amines is 1. The number of aromatic nitrogens is 6. The van der Waals surface area contributed by atoms with Crippen LogP contribution in [0, 0.1) is 0 Å². The zero-order chi connectivity index (χ0) is 13.7. The summed E-state index contributed by atoms with van der Waals surface area (Å²) >= 11 is 0. The van der Waals surface area contributed by atoms with E-state index in [1.165, 1.54) is 0 Å².